The van der Waals surface area contributed by atoms with E-state index in [9.17, 15) is 4.79 Å². The Bertz CT molecular complexity index is 990. The molecule has 1 aromatic heterocycles. The van der Waals surface area contributed by atoms with Crippen LogP contribution in [0.25, 0.3) is 10.9 Å². The second-order valence-corrected chi connectivity index (χ2v) is 8.17. The molecule has 146 valence electrons. The SMILES string of the molecule is CCC1=C[C@](C)(N2CCCC2C(=O)Nc2ccc3ncccc3c2)C(C)=C1C. The van der Waals surface area contributed by atoms with Gasteiger partial charge in [0.1, 0.15) is 0 Å². The summed E-state index contributed by atoms with van der Waals surface area (Å²) in [6.07, 6.45) is 7.16. The average molecular weight is 376 g/mol. The third-order valence-corrected chi connectivity index (χ3v) is 6.66. The molecule has 1 aliphatic heterocycles. The molecule has 0 saturated carbocycles. The summed E-state index contributed by atoms with van der Waals surface area (Å²) in [6, 6.07) is 9.73. The largest absolute Gasteiger partial charge is 0.325 e. The lowest BCUT2D eigenvalue weighted by atomic mass is 9.92. The van der Waals surface area contributed by atoms with E-state index in [0.29, 0.717) is 0 Å². The number of nitrogens with zero attached hydrogens (tertiary/aromatic N) is 2. The summed E-state index contributed by atoms with van der Waals surface area (Å²) in [5, 5.41) is 4.19. The lowest BCUT2D eigenvalue weighted by Gasteiger charge is -2.39. The number of amides is 1. The van der Waals surface area contributed by atoms with E-state index in [0.717, 1.165) is 42.4 Å². The van der Waals surface area contributed by atoms with Gasteiger partial charge in [-0.15, -0.1) is 0 Å². The monoisotopic (exact) mass is 375 g/mol. The highest BCUT2D eigenvalue weighted by Gasteiger charge is 2.44. The molecule has 4 nitrogen and oxygen atoms in total. The maximum absolute atomic E-state index is 13.2. The number of likely N-dealkylation sites (tertiary alicyclic amines) is 1. The molecular weight excluding hydrogens is 346 g/mol. The van der Waals surface area contributed by atoms with Crippen LogP contribution in [-0.2, 0) is 4.79 Å². The molecule has 28 heavy (non-hydrogen) atoms. The number of pyridine rings is 1. The molecule has 0 spiro atoms. The van der Waals surface area contributed by atoms with Crippen molar-refractivity contribution >= 4 is 22.5 Å². The summed E-state index contributed by atoms with van der Waals surface area (Å²) in [6.45, 7) is 9.86. The van der Waals surface area contributed by atoms with E-state index < -0.39 is 0 Å². The second kappa shape index (κ2) is 7.17. The summed E-state index contributed by atoms with van der Waals surface area (Å²) in [7, 11) is 0. The average Bonchev–Trinajstić information content (AvgIpc) is 3.28. The topological polar surface area (TPSA) is 45.2 Å². The fourth-order valence-electron chi connectivity index (χ4n) is 4.82. The summed E-state index contributed by atoms with van der Waals surface area (Å²) < 4.78 is 0. The van der Waals surface area contributed by atoms with Crippen LogP contribution >= 0.6 is 0 Å². The van der Waals surface area contributed by atoms with E-state index in [4.69, 9.17) is 0 Å². The number of fused-ring (bicyclic) bond motifs is 1. The first kappa shape index (κ1) is 18.9. The predicted octanol–water partition coefficient (Wildman–Crippen LogP) is 5.08. The van der Waals surface area contributed by atoms with Gasteiger partial charge in [0.05, 0.1) is 17.1 Å². The van der Waals surface area contributed by atoms with Crippen molar-refractivity contribution in [3.05, 3.63) is 59.3 Å². The van der Waals surface area contributed by atoms with Gasteiger partial charge in [0, 0.05) is 23.8 Å². The zero-order valence-electron chi connectivity index (χ0n) is 17.2. The Hall–Kier alpha value is -2.46. The molecule has 2 aromatic rings. The normalized spacial score (nSPS) is 25.4. The van der Waals surface area contributed by atoms with E-state index in [1.165, 1.54) is 16.7 Å². The molecule has 1 aliphatic carbocycles. The predicted molar refractivity (Wildman–Crippen MR) is 115 cm³/mol. The van der Waals surface area contributed by atoms with Crippen LogP contribution in [0.1, 0.15) is 47.0 Å². The first-order valence-corrected chi connectivity index (χ1v) is 10.3. The zero-order valence-corrected chi connectivity index (χ0v) is 17.2. The standard InChI is InChI=1S/C24H29N3O/c1-5-18-15-24(4,17(3)16(18)2)27-13-7-9-22(27)23(28)26-20-10-11-21-19(14-20)8-6-12-25-21/h6,8,10-12,14-15,22H,5,7,9,13H2,1-4H3,(H,26,28)/t22?,24-/m0/s1. The number of hydrogen-bond acceptors (Lipinski definition) is 3. The Kier molecular flexibility index (Phi) is 4.84. The van der Waals surface area contributed by atoms with Gasteiger partial charge in [0.2, 0.25) is 5.91 Å². The molecule has 0 radical (unpaired) electrons. The van der Waals surface area contributed by atoms with E-state index in [2.05, 4.69) is 49.0 Å². The third-order valence-electron chi connectivity index (χ3n) is 6.66. The Morgan fingerprint density at radius 3 is 2.89 bits per heavy atom. The van der Waals surface area contributed by atoms with Gasteiger partial charge in [0.15, 0.2) is 0 Å². The number of anilines is 1. The number of aromatic nitrogens is 1. The van der Waals surface area contributed by atoms with Crippen molar-refractivity contribution in [2.24, 2.45) is 0 Å². The van der Waals surface area contributed by atoms with Crippen molar-refractivity contribution in [2.75, 3.05) is 11.9 Å². The van der Waals surface area contributed by atoms with Gasteiger partial charge < -0.3 is 5.32 Å². The van der Waals surface area contributed by atoms with Gasteiger partial charge in [-0.25, -0.2) is 0 Å². The van der Waals surface area contributed by atoms with E-state index >= 15 is 0 Å². The van der Waals surface area contributed by atoms with Gasteiger partial charge in [-0.05, 0) is 81.0 Å². The lowest BCUT2D eigenvalue weighted by molar-refractivity contribution is -0.121. The van der Waals surface area contributed by atoms with Gasteiger partial charge in [-0.1, -0.05) is 19.1 Å². The second-order valence-electron chi connectivity index (χ2n) is 8.17. The van der Waals surface area contributed by atoms with E-state index in [-0.39, 0.29) is 17.5 Å². The Balaban J connectivity index is 1.58. The smallest absolute Gasteiger partial charge is 0.241 e. The van der Waals surface area contributed by atoms with Crippen molar-refractivity contribution in [1.29, 1.82) is 0 Å². The fourth-order valence-corrected chi connectivity index (χ4v) is 4.82. The first-order chi connectivity index (χ1) is 13.4. The molecule has 2 aliphatic rings. The summed E-state index contributed by atoms with van der Waals surface area (Å²) in [5.41, 5.74) is 5.78. The van der Waals surface area contributed by atoms with Crippen molar-refractivity contribution in [3.8, 4) is 0 Å². The van der Waals surface area contributed by atoms with Crippen LogP contribution in [0.15, 0.2) is 59.3 Å². The third kappa shape index (κ3) is 3.06. The van der Waals surface area contributed by atoms with Crippen LogP contribution in [-0.4, -0.2) is 33.9 Å². The molecule has 2 heterocycles. The number of allylic oxidation sites excluding steroid dienone is 2. The van der Waals surface area contributed by atoms with Crippen molar-refractivity contribution in [1.82, 2.24) is 9.88 Å². The molecule has 1 saturated heterocycles. The molecule has 1 fully saturated rings. The van der Waals surface area contributed by atoms with Crippen LogP contribution < -0.4 is 5.32 Å². The van der Waals surface area contributed by atoms with E-state index in [1.807, 2.05) is 30.3 Å². The molecule has 0 bridgehead atoms. The number of carbonyl (C=O) groups excluding carboxylic acids is 1. The molecule has 1 unspecified atom stereocenters. The molecule has 4 heteroatoms. The van der Waals surface area contributed by atoms with Crippen molar-refractivity contribution in [3.63, 3.8) is 0 Å². The number of benzene rings is 1. The highest BCUT2D eigenvalue weighted by Crippen LogP contribution is 2.42. The number of hydrogen-bond donors (Lipinski definition) is 1. The zero-order chi connectivity index (χ0) is 19.9. The maximum Gasteiger partial charge on any atom is 0.241 e. The summed E-state index contributed by atoms with van der Waals surface area (Å²) >= 11 is 0. The lowest BCUT2D eigenvalue weighted by Crippen LogP contribution is -2.51. The molecule has 1 N–H and O–H groups in total. The minimum atomic E-state index is -0.165. The number of carbonyl (C=O) groups is 1. The van der Waals surface area contributed by atoms with Gasteiger partial charge in [0.25, 0.3) is 0 Å². The number of nitrogens with one attached hydrogen (secondary N) is 1. The molecule has 4 rings (SSSR count). The maximum atomic E-state index is 13.2. The Labute approximate surface area is 167 Å². The minimum Gasteiger partial charge on any atom is -0.325 e. The van der Waals surface area contributed by atoms with Crippen LogP contribution in [0.3, 0.4) is 0 Å². The highest BCUT2D eigenvalue weighted by atomic mass is 16.2. The van der Waals surface area contributed by atoms with Gasteiger partial charge >= 0.3 is 0 Å². The molecular formula is C24H29N3O. The van der Waals surface area contributed by atoms with Crippen LogP contribution in [0.4, 0.5) is 5.69 Å². The van der Waals surface area contributed by atoms with Crippen molar-refractivity contribution in [2.45, 2.75) is 58.5 Å². The van der Waals surface area contributed by atoms with Crippen LogP contribution in [0, 0.1) is 0 Å². The van der Waals surface area contributed by atoms with Gasteiger partial charge in [-0.3, -0.25) is 14.7 Å². The fraction of sp³-hybridized carbons (Fsp3) is 0.417. The van der Waals surface area contributed by atoms with E-state index in [1.54, 1.807) is 6.20 Å². The summed E-state index contributed by atoms with van der Waals surface area (Å²) in [5.74, 6) is 0.0887. The molecule has 2 atom stereocenters. The van der Waals surface area contributed by atoms with Gasteiger partial charge in [-0.2, -0.15) is 0 Å². The van der Waals surface area contributed by atoms with Crippen LogP contribution in [0.5, 0.6) is 0 Å². The molecule has 1 aromatic carbocycles. The van der Waals surface area contributed by atoms with Crippen molar-refractivity contribution < 1.29 is 4.79 Å². The summed E-state index contributed by atoms with van der Waals surface area (Å²) in [4.78, 5) is 19.9. The number of rotatable bonds is 4. The minimum absolute atomic E-state index is 0.0887. The Morgan fingerprint density at radius 2 is 2.14 bits per heavy atom. The highest BCUT2D eigenvalue weighted by molar-refractivity contribution is 5.97. The Morgan fingerprint density at radius 1 is 1.32 bits per heavy atom. The van der Waals surface area contributed by atoms with Crippen LogP contribution in [0.2, 0.25) is 0 Å². The molecule has 1 amide bonds. The quantitative estimate of drug-likeness (QED) is 0.810. The first-order valence-electron chi connectivity index (χ1n) is 10.3.